The number of benzene rings is 1. The zero-order chi connectivity index (χ0) is 14.9. The second kappa shape index (κ2) is 5.37. The van der Waals surface area contributed by atoms with E-state index in [4.69, 9.17) is 0 Å². The van der Waals surface area contributed by atoms with Crippen LogP contribution < -0.4 is 10.6 Å². The van der Waals surface area contributed by atoms with Crippen LogP contribution in [-0.2, 0) is 4.79 Å². The Hall–Kier alpha value is -2.08. The molecule has 1 saturated carbocycles. The Kier molecular flexibility index (Phi) is 3.55. The van der Waals surface area contributed by atoms with E-state index in [2.05, 4.69) is 10.6 Å². The Morgan fingerprint density at radius 1 is 1.24 bits per heavy atom. The predicted molar refractivity (Wildman–Crippen MR) is 77.7 cm³/mol. The lowest BCUT2D eigenvalue weighted by Gasteiger charge is -2.47. The van der Waals surface area contributed by atoms with Gasteiger partial charge in [0.1, 0.15) is 5.60 Å². The number of carbonyl (C=O) groups is 2. The van der Waals surface area contributed by atoms with Crippen molar-refractivity contribution < 1.29 is 14.7 Å². The second-order valence-corrected chi connectivity index (χ2v) is 5.80. The fourth-order valence-electron chi connectivity index (χ4n) is 2.63. The molecule has 0 bridgehead atoms. The summed E-state index contributed by atoms with van der Waals surface area (Å²) < 4.78 is 0. The summed E-state index contributed by atoms with van der Waals surface area (Å²) in [6.45, 7) is 0.719. The van der Waals surface area contributed by atoms with Crippen molar-refractivity contribution in [3.05, 3.63) is 30.3 Å². The molecule has 0 unspecified atom stereocenters. The lowest BCUT2D eigenvalue weighted by Crippen LogP contribution is -2.65. The minimum Gasteiger partial charge on any atom is -0.386 e. The summed E-state index contributed by atoms with van der Waals surface area (Å²) in [5, 5.41) is 15.3. The van der Waals surface area contributed by atoms with Gasteiger partial charge in [0.05, 0.1) is 19.6 Å². The van der Waals surface area contributed by atoms with Gasteiger partial charge >= 0.3 is 6.03 Å². The molecule has 2 aliphatic rings. The summed E-state index contributed by atoms with van der Waals surface area (Å²) in [7, 11) is 0. The summed E-state index contributed by atoms with van der Waals surface area (Å²) in [4.78, 5) is 25.1. The van der Waals surface area contributed by atoms with E-state index in [1.54, 1.807) is 17.0 Å². The van der Waals surface area contributed by atoms with Crippen LogP contribution in [0.15, 0.2) is 30.3 Å². The van der Waals surface area contributed by atoms with Crippen LogP contribution in [0.2, 0.25) is 0 Å². The van der Waals surface area contributed by atoms with E-state index in [-0.39, 0.29) is 12.5 Å². The van der Waals surface area contributed by atoms with E-state index in [9.17, 15) is 14.7 Å². The van der Waals surface area contributed by atoms with Crippen LogP contribution in [0.4, 0.5) is 10.5 Å². The molecule has 1 aliphatic carbocycles. The first-order valence-corrected chi connectivity index (χ1v) is 7.17. The van der Waals surface area contributed by atoms with Crippen molar-refractivity contribution in [2.75, 3.05) is 25.0 Å². The molecule has 6 nitrogen and oxygen atoms in total. The summed E-state index contributed by atoms with van der Waals surface area (Å²) >= 11 is 0. The number of nitrogens with one attached hydrogen (secondary N) is 2. The Morgan fingerprint density at radius 3 is 2.52 bits per heavy atom. The number of hydrogen-bond acceptors (Lipinski definition) is 3. The third kappa shape index (κ3) is 3.16. The predicted octanol–water partition coefficient (Wildman–Crippen LogP) is 0.791. The molecule has 1 aromatic rings. The van der Waals surface area contributed by atoms with Crippen LogP contribution in [0.25, 0.3) is 0 Å². The highest BCUT2D eigenvalue weighted by atomic mass is 16.3. The number of β-amino-alcohol motifs (C(OH)–C–C–N with tert-alkyl or cyclic N) is 1. The maximum Gasteiger partial charge on any atom is 0.319 e. The van der Waals surface area contributed by atoms with Gasteiger partial charge in [-0.2, -0.15) is 0 Å². The van der Waals surface area contributed by atoms with Gasteiger partial charge in [-0.15, -0.1) is 0 Å². The van der Waals surface area contributed by atoms with Crippen LogP contribution in [-0.4, -0.2) is 47.2 Å². The average molecular weight is 289 g/mol. The van der Waals surface area contributed by atoms with Crippen LogP contribution in [0.3, 0.4) is 0 Å². The zero-order valence-electron chi connectivity index (χ0n) is 11.7. The molecule has 112 valence electrons. The molecule has 3 rings (SSSR count). The van der Waals surface area contributed by atoms with Crippen LogP contribution in [0, 0.1) is 5.92 Å². The molecule has 1 aromatic carbocycles. The van der Waals surface area contributed by atoms with Crippen molar-refractivity contribution in [2.45, 2.75) is 18.4 Å². The normalized spacial score (nSPS) is 19.6. The van der Waals surface area contributed by atoms with Gasteiger partial charge < -0.3 is 20.6 Å². The fraction of sp³-hybridized carbons (Fsp3) is 0.467. The Labute approximate surface area is 123 Å². The molecule has 3 N–H and O–H groups in total. The minimum absolute atomic E-state index is 0.0561. The van der Waals surface area contributed by atoms with Gasteiger partial charge in [-0.1, -0.05) is 18.2 Å². The topological polar surface area (TPSA) is 81.7 Å². The SMILES string of the molecule is O=C(NCC(=O)N1CC(O)(C2CC2)C1)Nc1ccccc1. The number of carbonyl (C=O) groups excluding carboxylic acids is 2. The minimum atomic E-state index is -0.679. The Balaban J connectivity index is 1.39. The van der Waals surface area contributed by atoms with E-state index in [1.807, 2.05) is 18.2 Å². The second-order valence-electron chi connectivity index (χ2n) is 5.80. The number of amides is 3. The zero-order valence-corrected chi connectivity index (χ0v) is 11.7. The van der Waals surface area contributed by atoms with Crippen LogP contribution in [0.5, 0.6) is 0 Å². The molecular weight excluding hydrogens is 270 g/mol. The van der Waals surface area contributed by atoms with Crippen molar-refractivity contribution in [3.8, 4) is 0 Å². The lowest BCUT2D eigenvalue weighted by molar-refractivity contribution is -0.158. The highest BCUT2D eigenvalue weighted by Gasteiger charge is 2.53. The number of likely N-dealkylation sites (tertiary alicyclic amines) is 1. The maximum atomic E-state index is 11.9. The molecule has 1 saturated heterocycles. The fourth-order valence-corrected chi connectivity index (χ4v) is 2.63. The van der Waals surface area contributed by atoms with Crippen molar-refractivity contribution in [2.24, 2.45) is 5.92 Å². The van der Waals surface area contributed by atoms with Crippen molar-refractivity contribution in [3.63, 3.8) is 0 Å². The summed E-state index contributed by atoms with van der Waals surface area (Å²) in [5.74, 6) is 0.194. The van der Waals surface area contributed by atoms with Crippen LogP contribution >= 0.6 is 0 Å². The third-order valence-electron chi connectivity index (χ3n) is 4.05. The molecule has 0 radical (unpaired) electrons. The molecule has 0 atom stereocenters. The van der Waals surface area contributed by atoms with E-state index < -0.39 is 11.6 Å². The molecule has 0 aromatic heterocycles. The number of anilines is 1. The highest BCUT2D eigenvalue weighted by Crippen LogP contribution is 2.44. The number of urea groups is 1. The van der Waals surface area contributed by atoms with E-state index in [0.29, 0.717) is 24.7 Å². The van der Waals surface area contributed by atoms with Crippen molar-refractivity contribution >= 4 is 17.6 Å². The first-order valence-electron chi connectivity index (χ1n) is 7.17. The van der Waals surface area contributed by atoms with E-state index in [1.165, 1.54) is 0 Å². The summed E-state index contributed by atoms with van der Waals surface area (Å²) in [6, 6.07) is 8.63. The van der Waals surface area contributed by atoms with Crippen molar-refractivity contribution in [1.29, 1.82) is 0 Å². The van der Waals surface area contributed by atoms with Gasteiger partial charge in [-0.05, 0) is 30.9 Å². The Bertz CT molecular complexity index is 536. The first kappa shape index (κ1) is 13.9. The van der Waals surface area contributed by atoms with Gasteiger partial charge in [-0.3, -0.25) is 4.79 Å². The number of nitrogens with zero attached hydrogens (tertiary/aromatic N) is 1. The molecular formula is C15H19N3O3. The van der Waals surface area contributed by atoms with Gasteiger partial charge in [0.15, 0.2) is 0 Å². The first-order chi connectivity index (χ1) is 10.1. The third-order valence-corrected chi connectivity index (χ3v) is 4.05. The standard InChI is InChI=1S/C15H19N3O3/c19-13(18-9-15(21,10-18)11-6-7-11)8-16-14(20)17-12-4-2-1-3-5-12/h1-5,11,21H,6-10H2,(H2,16,17,20). The smallest absolute Gasteiger partial charge is 0.319 e. The molecule has 6 heteroatoms. The van der Waals surface area contributed by atoms with Gasteiger partial charge in [0, 0.05) is 5.69 Å². The lowest BCUT2D eigenvalue weighted by atomic mass is 9.89. The molecule has 2 fully saturated rings. The number of para-hydroxylation sites is 1. The average Bonchev–Trinajstić information content (AvgIpc) is 3.27. The Morgan fingerprint density at radius 2 is 1.90 bits per heavy atom. The number of aliphatic hydroxyl groups is 1. The largest absolute Gasteiger partial charge is 0.386 e. The molecule has 21 heavy (non-hydrogen) atoms. The van der Waals surface area contributed by atoms with Gasteiger partial charge in [0.25, 0.3) is 0 Å². The van der Waals surface area contributed by atoms with Gasteiger partial charge in [-0.25, -0.2) is 4.79 Å². The number of rotatable bonds is 4. The maximum absolute atomic E-state index is 11.9. The molecule has 1 aliphatic heterocycles. The monoisotopic (exact) mass is 289 g/mol. The van der Waals surface area contributed by atoms with E-state index in [0.717, 1.165) is 12.8 Å². The summed E-state index contributed by atoms with van der Waals surface area (Å²) in [6.07, 6.45) is 2.10. The van der Waals surface area contributed by atoms with Crippen LogP contribution in [0.1, 0.15) is 12.8 Å². The highest BCUT2D eigenvalue weighted by molar-refractivity contribution is 5.92. The van der Waals surface area contributed by atoms with E-state index >= 15 is 0 Å². The quantitative estimate of drug-likeness (QED) is 0.766. The molecule has 1 heterocycles. The summed E-state index contributed by atoms with van der Waals surface area (Å²) in [5.41, 5.74) is -0.00314. The van der Waals surface area contributed by atoms with Gasteiger partial charge in [0.2, 0.25) is 5.91 Å². The van der Waals surface area contributed by atoms with Crippen molar-refractivity contribution in [1.82, 2.24) is 10.2 Å². The molecule has 3 amide bonds. The number of hydrogen-bond donors (Lipinski definition) is 3. The molecule has 0 spiro atoms.